The van der Waals surface area contributed by atoms with Crippen molar-refractivity contribution in [3.05, 3.63) is 30.1 Å². The van der Waals surface area contributed by atoms with E-state index in [2.05, 4.69) is 17.9 Å². The van der Waals surface area contributed by atoms with Crippen molar-refractivity contribution in [3.63, 3.8) is 0 Å². The topological polar surface area (TPSA) is 29.1 Å². The maximum atomic E-state index is 13.3. The highest BCUT2D eigenvalue weighted by Crippen LogP contribution is 2.49. The van der Waals surface area contributed by atoms with Crippen LogP contribution in [0.25, 0.3) is 0 Å². The molecule has 2 rings (SSSR count). The van der Waals surface area contributed by atoms with Crippen LogP contribution in [0.15, 0.2) is 24.3 Å². The van der Waals surface area contributed by atoms with Crippen LogP contribution in [0.4, 0.5) is 10.1 Å². The standard InChI is InChI=1S/C12H14FNOS/c13-9-3-1-2-4-10(9)14-11(15)7-12(8-16)5-6-12/h1-4,16H,5-8H2,(H,14,15). The third kappa shape index (κ3) is 2.55. The van der Waals surface area contributed by atoms with E-state index >= 15 is 0 Å². The van der Waals surface area contributed by atoms with Crippen molar-refractivity contribution in [1.82, 2.24) is 0 Å². The number of amides is 1. The Morgan fingerprint density at radius 3 is 2.69 bits per heavy atom. The second-order valence-electron chi connectivity index (χ2n) is 4.36. The Hall–Kier alpha value is -1.03. The minimum atomic E-state index is -0.397. The van der Waals surface area contributed by atoms with Gasteiger partial charge >= 0.3 is 0 Å². The van der Waals surface area contributed by atoms with Gasteiger partial charge in [0.25, 0.3) is 0 Å². The van der Waals surface area contributed by atoms with Crippen molar-refractivity contribution in [2.45, 2.75) is 19.3 Å². The normalized spacial score (nSPS) is 16.9. The van der Waals surface area contributed by atoms with Crippen LogP contribution in [0, 0.1) is 11.2 Å². The van der Waals surface area contributed by atoms with Gasteiger partial charge in [0.2, 0.25) is 5.91 Å². The number of halogens is 1. The van der Waals surface area contributed by atoms with E-state index in [1.54, 1.807) is 18.2 Å². The molecule has 1 aliphatic rings. The van der Waals surface area contributed by atoms with Gasteiger partial charge in [-0.2, -0.15) is 12.6 Å². The van der Waals surface area contributed by atoms with Crippen LogP contribution in [0.2, 0.25) is 0 Å². The third-order valence-corrected chi connectivity index (χ3v) is 3.65. The van der Waals surface area contributed by atoms with Crippen molar-refractivity contribution < 1.29 is 9.18 Å². The number of carbonyl (C=O) groups is 1. The first kappa shape index (κ1) is 11.5. The molecule has 1 N–H and O–H groups in total. The molecule has 0 aromatic heterocycles. The van der Waals surface area contributed by atoms with Gasteiger partial charge in [0.15, 0.2) is 0 Å². The van der Waals surface area contributed by atoms with E-state index < -0.39 is 5.82 Å². The number of para-hydroxylation sites is 1. The highest BCUT2D eigenvalue weighted by molar-refractivity contribution is 7.80. The Morgan fingerprint density at radius 1 is 1.44 bits per heavy atom. The van der Waals surface area contributed by atoms with Crippen molar-refractivity contribution in [1.29, 1.82) is 0 Å². The summed E-state index contributed by atoms with van der Waals surface area (Å²) in [7, 11) is 0. The molecule has 1 aromatic carbocycles. The maximum Gasteiger partial charge on any atom is 0.225 e. The smallest absolute Gasteiger partial charge is 0.225 e. The van der Waals surface area contributed by atoms with Crippen LogP contribution < -0.4 is 5.32 Å². The maximum absolute atomic E-state index is 13.3. The zero-order valence-electron chi connectivity index (χ0n) is 8.87. The van der Waals surface area contributed by atoms with Gasteiger partial charge in [0, 0.05) is 6.42 Å². The lowest BCUT2D eigenvalue weighted by Crippen LogP contribution is -2.18. The van der Waals surface area contributed by atoms with Crippen molar-refractivity contribution in [3.8, 4) is 0 Å². The SMILES string of the molecule is O=C(CC1(CS)CC1)Nc1ccccc1F. The summed E-state index contributed by atoms with van der Waals surface area (Å²) < 4.78 is 13.3. The Morgan fingerprint density at radius 2 is 2.12 bits per heavy atom. The lowest BCUT2D eigenvalue weighted by Gasteiger charge is -2.11. The molecule has 0 heterocycles. The summed E-state index contributed by atoms with van der Waals surface area (Å²) >= 11 is 4.23. The second kappa shape index (κ2) is 4.45. The third-order valence-electron chi connectivity index (χ3n) is 2.98. The van der Waals surface area contributed by atoms with E-state index in [-0.39, 0.29) is 17.0 Å². The van der Waals surface area contributed by atoms with Gasteiger partial charge in [0.1, 0.15) is 5.82 Å². The summed E-state index contributed by atoms with van der Waals surface area (Å²) in [5.74, 6) is 0.195. The fourth-order valence-corrected chi connectivity index (χ4v) is 2.09. The number of hydrogen-bond acceptors (Lipinski definition) is 2. The number of nitrogens with one attached hydrogen (secondary N) is 1. The lowest BCUT2D eigenvalue weighted by atomic mass is 10.1. The number of benzene rings is 1. The van der Waals surface area contributed by atoms with Crippen LogP contribution >= 0.6 is 12.6 Å². The monoisotopic (exact) mass is 239 g/mol. The Bertz CT molecular complexity index is 404. The zero-order valence-corrected chi connectivity index (χ0v) is 9.77. The molecule has 16 heavy (non-hydrogen) atoms. The quantitative estimate of drug-likeness (QED) is 0.777. The summed E-state index contributed by atoms with van der Waals surface area (Å²) in [5.41, 5.74) is 0.320. The van der Waals surface area contributed by atoms with E-state index in [9.17, 15) is 9.18 Å². The first-order chi connectivity index (χ1) is 7.65. The van der Waals surface area contributed by atoms with E-state index in [0.29, 0.717) is 6.42 Å². The second-order valence-corrected chi connectivity index (χ2v) is 4.68. The molecule has 2 nitrogen and oxygen atoms in total. The molecule has 1 fully saturated rings. The molecule has 1 amide bonds. The molecule has 86 valence electrons. The van der Waals surface area contributed by atoms with Gasteiger partial charge in [-0.05, 0) is 36.1 Å². The largest absolute Gasteiger partial charge is 0.324 e. The molecule has 0 aliphatic heterocycles. The average molecular weight is 239 g/mol. The van der Waals surface area contributed by atoms with Crippen LogP contribution in [0.1, 0.15) is 19.3 Å². The Labute approximate surface area is 99.6 Å². The van der Waals surface area contributed by atoms with E-state index in [4.69, 9.17) is 0 Å². The summed E-state index contributed by atoms with van der Waals surface area (Å²) in [6.07, 6.45) is 2.52. The molecule has 0 saturated heterocycles. The highest BCUT2D eigenvalue weighted by Gasteiger charge is 2.42. The molecule has 1 saturated carbocycles. The van der Waals surface area contributed by atoms with Crippen LogP contribution in [-0.2, 0) is 4.79 Å². The Kier molecular flexibility index (Phi) is 3.19. The summed E-state index contributed by atoms with van der Waals surface area (Å²) in [5, 5.41) is 2.59. The minimum absolute atomic E-state index is 0.0679. The summed E-state index contributed by atoms with van der Waals surface area (Å²) in [4.78, 5) is 11.7. The number of hydrogen-bond donors (Lipinski definition) is 2. The van der Waals surface area contributed by atoms with Crippen molar-refractivity contribution in [2.24, 2.45) is 5.41 Å². The molecular weight excluding hydrogens is 225 g/mol. The van der Waals surface area contributed by atoms with Gasteiger partial charge in [0.05, 0.1) is 5.69 Å². The molecule has 0 spiro atoms. The number of anilines is 1. The van der Waals surface area contributed by atoms with Crippen LogP contribution in [-0.4, -0.2) is 11.7 Å². The lowest BCUT2D eigenvalue weighted by molar-refractivity contribution is -0.117. The molecule has 0 bridgehead atoms. The highest BCUT2D eigenvalue weighted by atomic mass is 32.1. The van der Waals surface area contributed by atoms with Gasteiger partial charge in [-0.25, -0.2) is 4.39 Å². The molecule has 0 atom stereocenters. The van der Waals surface area contributed by atoms with Crippen LogP contribution in [0.3, 0.4) is 0 Å². The molecular formula is C12H14FNOS. The van der Waals surface area contributed by atoms with Gasteiger partial charge in [-0.15, -0.1) is 0 Å². The predicted molar refractivity (Wildman–Crippen MR) is 65.2 cm³/mol. The van der Waals surface area contributed by atoms with Gasteiger partial charge < -0.3 is 5.32 Å². The molecule has 0 unspecified atom stereocenters. The van der Waals surface area contributed by atoms with E-state index in [1.807, 2.05) is 0 Å². The fraction of sp³-hybridized carbons (Fsp3) is 0.417. The minimum Gasteiger partial charge on any atom is -0.324 e. The number of carbonyl (C=O) groups excluding carboxylic acids is 1. The summed E-state index contributed by atoms with van der Waals surface area (Å²) in [6, 6.07) is 6.19. The molecule has 4 heteroatoms. The number of thiol groups is 1. The first-order valence-corrected chi connectivity index (χ1v) is 5.94. The summed E-state index contributed by atoms with van der Waals surface area (Å²) in [6.45, 7) is 0. The van der Waals surface area contributed by atoms with Gasteiger partial charge in [-0.1, -0.05) is 12.1 Å². The van der Waals surface area contributed by atoms with E-state index in [0.717, 1.165) is 18.6 Å². The van der Waals surface area contributed by atoms with Crippen molar-refractivity contribution in [2.75, 3.05) is 11.1 Å². The molecule has 0 radical (unpaired) electrons. The average Bonchev–Trinajstić information content (AvgIpc) is 3.02. The van der Waals surface area contributed by atoms with Crippen molar-refractivity contribution >= 4 is 24.2 Å². The Balaban J connectivity index is 1.95. The molecule has 1 aromatic rings. The van der Waals surface area contributed by atoms with Gasteiger partial charge in [-0.3, -0.25) is 4.79 Å². The number of rotatable bonds is 4. The fourth-order valence-electron chi connectivity index (χ4n) is 1.67. The first-order valence-electron chi connectivity index (χ1n) is 5.30. The zero-order chi connectivity index (χ0) is 11.6. The van der Waals surface area contributed by atoms with Crippen LogP contribution in [0.5, 0.6) is 0 Å². The molecule has 1 aliphatic carbocycles. The van der Waals surface area contributed by atoms with E-state index in [1.165, 1.54) is 6.07 Å². The predicted octanol–water partition coefficient (Wildman–Crippen LogP) is 2.86.